The van der Waals surface area contributed by atoms with E-state index in [1.807, 2.05) is 0 Å². The second-order valence-electron chi connectivity index (χ2n) is 4.84. The third-order valence-corrected chi connectivity index (χ3v) is 3.48. The highest BCUT2D eigenvalue weighted by Gasteiger charge is 2.41. The predicted octanol–water partition coefficient (Wildman–Crippen LogP) is -1.05. The van der Waals surface area contributed by atoms with Crippen molar-refractivity contribution in [2.75, 3.05) is 33.4 Å². The van der Waals surface area contributed by atoms with Crippen LogP contribution in [0.1, 0.15) is 19.3 Å². The number of amides is 1. The fourth-order valence-corrected chi connectivity index (χ4v) is 2.32. The van der Waals surface area contributed by atoms with Crippen molar-refractivity contribution in [2.45, 2.75) is 25.3 Å². The SMILES string of the molecule is COCC1(C(=O)NC(CCO)C(=O)O)CCNCC1. The molecule has 4 N–H and O–H groups in total. The summed E-state index contributed by atoms with van der Waals surface area (Å²) in [4.78, 5) is 23.3. The quantitative estimate of drug-likeness (QED) is 0.472. The van der Waals surface area contributed by atoms with Gasteiger partial charge in [0, 0.05) is 20.1 Å². The number of methoxy groups -OCH3 is 1. The Morgan fingerprint density at radius 3 is 2.53 bits per heavy atom. The first-order valence-corrected chi connectivity index (χ1v) is 6.40. The third-order valence-electron chi connectivity index (χ3n) is 3.48. The molecule has 1 heterocycles. The van der Waals surface area contributed by atoms with E-state index in [9.17, 15) is 9.59 Å². The van der Waals surface area contributed by atoms with Gasteiger partial charge in [-0.15, -0.1) is 0 Å². The number of carboxylic acid groups (broad SMARTS) is 1. The van der Waals surface area contributed by atoms with Crippen LogP contribution in [0.25, 0.3) is 0 Å². The lowest BCUT2D eigenvalue weighted by atomic mass is 9.78. The number of aliphatic hydroxyl groups is 1. The van der Waals surface area contributed by atoms with Gasteiger partial charge in [0.25, 0.3) is 0 Å². The number of ether oxygens (including phenoxy) is 1. The maximum Gasteiger partial charge on any atom is 0.326 e. The van der Waals surface area contributed by atoms with Crippen molar-refractivity contribution in [3.8, 4) is 0 Å². The molecule has 0 saturated carbocycles. The smallest absolute Gasteiger partial charge is 0.326 e. The zero-order valence-electron chi connectivity index (χ0n) is 11.1. The first-order chi connectivity index (χ1) is 9.05. The molecule has 7 heteroatoms. The molecule has 0 aromatic rings. The Hall–Kier alpha value is -1.18. The molecule has 7 nitrogen and oxygen atoms in total. The van der Waals surface area contributed by atoms with E-state index in [0.717, 1.165) is 0 Å². The molecule has 19 heavy (non-hydrogen) atoms. The van der Waals surface area contributed by atoms with E-state index in [1.54, 1.807) is 0 Å². The number of hydrogen-bond acceptors (Lipinski definition) is 5. The van der Waals surface area contributed by atoms with E-state index in [0.29, 0.717) is 25.9 Å². The zero-order valence-corrected chi connectivity index (χ0v) is 11.1. The molecule has 1 aliphatic heterocycles. The number of rotatable bonds is 7. The minimum Gasteiger partial charge on any atom is -0.480 e. The summed E-state index contributed by atoms with van der Waals surface area (Å²) in [5.74, 6) is -1.44. The van der Waals surface area contributed by atoms with Crippen molar-refractivity contribution < 1.29 is 24.5 Å². The molecule has 1 fully saturated rings. The van der Waals surface area contributed by atoms with Crippen LogP contribution in [0, 0.1) is 5.41 Å². The van der Waals surface area contributed by atoms with Gasteiger partial charge in [-0.1, -0.05) is 0 Å². The average Bonchev–Trinajstić information content (AvgIpc) is 2.39. The van der Waals surface area contributed by atoms with Gasteiger partial charge in [0.05, 0.1) is 12.0 Å². The summed E-state index contributed by atoms with van der Waals surface area (Å²) in [6, 6.07) is -1.05. The van der Waals surface area contributed by atoms with Crippen molar-refractivity contribution in [1.29, 1.82) is 0 Å². The number of aliphatic carboxylic acids is 1. The van der Waals surface area contributed by atoms with Gasteiger partial charge >= 0.3 is 5.97 Å². The number of piperidine rings is 1. The topological polar surface area (TPSA) is 108 Å². The molecule has 1 unspecified atom stereocenters. The van der Waals surface area contributed by atoms with Crippen LogP contribution in [-0.4, -0.2) is 61.5 Å². The Balaban J connectivity index is 2.73. The summed E-state index contributed by atoms with van der Waals surface area (Å²) < 4.78 is 5.12. The maximum atomic E-state index is 12.3. The number of carboxylic acids is 1. The molecule has 0 aliphatic carbocycles. The van der Waals surface area contributed by atoms with Crippen LogP contribution in [0.4, 0.5) is 0 Å². The van der Waals surface area contributed by atoms with E-state index >= 15 is 0 Å². The van der Waals surface area contributed by atoms with Crippen LogP contribution in [0.5, 0.6) is 0 Å². The molecule has 0 spiro atoms. The summed E-state index contributed by atoms with van der Waals surface area (Å²) in [5, 5.41) is 23.5. The van der Waals surface area contributed by atoms with Gasteiger partial charge in [0.1, 0.15) is 6.04 Å². The molecule has 0 bridgehead atoms. The first-order valence-electron chi connectivity index (χ1n) is 6.40. The number of hydrogen-bond donors (Lipinski definition) is 4. The number of carbonyl (C=O) groups excluding carboxylic acids is 1. The Morgan fingerprint density at radius 1 is 1.42 bits per heavy atom. The predicted molar refractivity (Wildman–Crippen MR) is 67.7 cm³/mol. The lowest BCUT2D eigenvalue weighted by Crippen LogP contribution is -2.54. The van der Waals surface area contributed by atoms with E-state index in [2.05, 4.69) is 10.6 Å². The summed E-state index contributed by atoms with van der Waals surface area (Å²) in [5.41, 5.74) is -0.677. The average molecular weight is 274 g/mol. The standard InChI is InChI=1S/C12H22N2O5/c1-19-8-12(3-5-13-6-4-12)11(18)14-9(2-7-15)10(16)17/h9,13,15H,2-8H2,1H3,(H,14,18)(H,16,17). The van der Waals surface area contributed by atoms with Gasteiger partial charge in [-0.2, -0.15) is 0 Å². The van der Waals surface area contributed by atoms with Gasteiger partial charge < -0.3 is 25.6 Å². The highest BCUT2D eigenvalue weighted by Crippen LogP contribution is 2.29. The van der Waals surface area contributed by atoms with Gasteiger partial charge in [-0.3, -0.25) is 4.79 Å². The first kappa shape index (κ1) is 15.9. The summed E-state index contributed by atoms with van der Waals surface area (Å²) >= 11 is 0. The molecule has 1 saturated heterocycles. The third kappa shape index (κ3) is 4.15. The minimum atomic E-state index is -1.14. The molecule has 1 atom stereocenters. The van der Waals surface area contributed by atoms with Crippen LogP contribution < -0.4 is 10.6 Å². The minimum absolute atomic E-state index is 0.00237. The van der Waals surface area contributed by atoms with E-state index < -0.39 is 17.4 Å². The van der Waals surface area contributed by atoms with Gasteiger partial charge in [0.15, 0.2) is 0 Å². The van der Waals surface area contributed by atoms with E-state index in [-0.39, 0.29) is 25.5 Å². The molecule has 0 aromatic carbocycles. The van der Waals surface area contributed by atoms with Crippen molar-refractivity contribution >= 4 is 11.9 Å². The Labute approximate surface area is 112 Å². The number of aliphatic hydroxyl groups excluding tert-OH is 1. The summed E-state index contributed by atoms with van der Waals surface area (Å²) in [7, 11) is 1.53. The van der Waals surface area contributed by atoms with Gasteiger partial charge in [-0.25, -0.2) is 4.79 Å². The van der Waals surface area contributed by atoms with Crippen molar-refractivity contribution in [3.05, 3.63) is 0 Å². The largest absolute Gasteiger partial charge is 0.480 e. The van der Waals surface area contributed by atoms with Crippen LogP contribution in [0.2, 0.25) is 0 Å². The second-order valence-corrected chi connectivity index (χ2v) is 4.84. The highest BCUT2D eigenvalue weighted by atomic mass is 16.5. The number of nitrogens with one attached hydrogen (secondary N) is 2. The normalized spacial score (nSPS) is 19.7. The van der Waals surface area contributed by atoms with E-state index in [1.165, 1.54) is 7.11 Å². The fraction of sp³-hybridized carbons (Fsp3) is 0.833. The summed E-state index contributed by atoms with van der Waals surface area (Å²) in [6.07, 6.45) is 1.22. The Bertz CT molecular complexity index is 310. The van der Waals surface area contributed by atoms with Crippen LogP contribution in [0.3, 0.4) is 0 Å². The molecular formula is C12H22N2O5. The van der Waals surface area contributed by atoms with Crippen LogP contribution in [0.15, 0.2) is 0 Å². The summed E-state index contributed by atoms with van der Waals surface area (Å²) in [6.45, 7) is 1.39. The van der Waals surface area contributed by atoms with Crippen molar-refractivity contribution in [1.82, 2.24) is 10.6 Å². The lowest BCUT2D eigenvalue weighted by molar-refractivity contribution is -0.146. The zero-order chi connectivity index (χ0) is 14.3. The fourth-order valence-electron chi connectivity index (χ4n) is 2.32. The second kappa shape index (κ2) is 7.42. The Kier molecular flexibility index (Phi) is 6.20. The van der Waals surface area contributed by atoms with Crippen molar-refractivity contribution in [2.24, 2.45) is 5.41 Å². The molecule has 0 radical (unpaired) electrons. The highest BCUT2D eigenvalue weighted by molar-refractivity contribution is 5.87. The van der Waals surface area contributed by atoms with Crippen molar-refractivity contribution in [3.63, 3.8) is 0 Å². The Morgan fingerprint density at radius 2 is 2.05 bits per heavy atom. The molecule has 1 aliphatic rings. The van der Waals surface area contributed by atoms with Crippen LogP contribution in [-0.2, 0) is 14.3 Å². The molecular weight excluding hydrogens is 252 g/mol. The lowest BCUT2D eigenvalue weighted by Gasteiger charge is -2.36. The number of carbonyl (C=O) groups is 2. The van der Waals surface area contributed by atoms with Crippen LogP contribution >= 0.6 is 0 Å². The molecule has 1 amide bonds. The molecule has 1 rings (SSSR count). The maximum absolute atomic E-state index is 12.3. The molecule has 110 valence electrons. The molecule has 0 aromatic heterocycles. The van der Waals surface area contributed by atoms with Gasteiger partial charge in [0.2, 0.25) is 5.91 Å². The van der Waals surface area contributed by atoms with E-state index in [4.69, 9.17) is 14.9 Å². The monoisotopic (exact) mass is 274 g/mol. The van der Waals surface area contributed by atoms with Gasteiger partial charge in [-0.05, 0) is 25.9 Å².